The highest BCUT2D eigenvalue weighted by atomic mass is 32.1. The molecule has 4 atom stereocenters. The number of fused-ring (bicyclic) bond motifs is 5. The lowest BCUT2D eigenvalue weighted by atomic mass is 9.95. The second kappa shape index (κ2) is 9.64. The van der Waals surface area contributed by atoms with Gasteiger partial charge in [-0.05, 0) is 43.7 Å². The highest BCUT2D eigenvalue weighted by molar-refractivity contribution is 7.22. The Morgan fingerprint density at radius 2 is 1.98 bits per heavy atom. The van der Waals surface area contributed by atoms with E-state index in [4.69, 9.17) is 19.7 Å². The van der Waals surface area contributed by atoms with Crippen LogP contribution in [0.25, 0.3) is 21.1 Å². The zero-order valence-corrected chi connectivity index (χ0v) is 23.9. The van der Waals surface area contributed by atoms with Crippen LogP contribution in [-0.4, -0.2) is 88.6 Å². The molecule has 4 aliphatic heterocycles. The third-order valence-electron chi connectivity index (χ3n) is 9.43. The molecule has 2 N–H and O–H groups in total. The summed E-state index contributed by atoms with van der Waals surface area (Å²) >= 11 is 1.49. The van der Waals surface area contributed by atoms with Gasteiger partial charge in [0, 0.05) is 56.6 Å². The molecule has 0 radical (unpaired) electrons. The van der Waals surface area contributed by atoms with Gasteiger partial charge in [0.25, 0.3) is 0 Å². The smallest absolute Gasteiger partial charge is 0.319 e. The monoisotopic (exact) mass is 575 g/mol. The maximum atomic E-state index is 14.4. The van der Waals surface area contributed by atoms with E-state index in [0.717, 1.165) is 83.1 Å². The average Bonchev–Trinajstić information content (AvgIpc) is 3.72. The number of piperazine rings is 1. The van der Waals surface area contributed by atoms with E-state index in [1.54, 1.807) is 12.1 Å². The van der Waals surface area contributed by atoms with Gasteiger partial charge < -0.3 is 25.0 Å². The molecule has 4 aromatic rings. The SMILES string of the molecule is CN(c1nc2c(N3CC4CCC(C3)N4)nc(OC[C@@]34CCCN3C[C@H](F)C4)nc2s1)c1cc(O)cc2ccccc12. The third kappa shape index (κ3) is 4.36. The van der Waals surface area contributed by atoms with E-state index < -0.39 is 6.17 Å². The van der Waals surface area contributed by atoms with Gasteiger partial charge in [0.1, 0.15) is 24.0 Å². The van der Waals surface area contributed by atoms with Crippen LogP contribution in [0.15, 0.2) is 36.4 Å². The number of rotatable bonds is 6. The van der Waals surface area contributed by atoms with Gasteiger partial charge in [-0.3, -0.25) is 4.90 Å². The first-order valence-corrected chi connectivity index (χ1v) is 15.4. The maximum Gasteiger partial charge on any atom is 0.319 e. The van der Waals surface area contributed by atoms with Crippen LogP contribution in [0.2, 0.25) is 0 Å². The number of hydrogen-bond acceptors (Lipinski definition) is 10. The number of thiazole rings is 1. The Bertz CT molecular complexity index is 1620. The molecule has 4 saturated heterocycles. The second-order valence-corrected chi connectivity index (χ2v) is 13.1. The Morgan fingerprint density at radius 1 is 1.15 bits per heavy atom. The number of aromatic hydroxyl groups is 1. The molecule has 2 aromatic heterocycles. The molecular formula is C30H34FN7O2S. The minimum atomic E-state index is -0.803. The molecule has 2 bridgehead atoms. The zero-order chi connectivity index (χ0) is 27.7. The van der Waals surface area contributed by atoms with Gasteiger partial charge in [-0.1, -0.05) is 35.6 Å². The number of phenols is 1. The molecule has 41 heavy (non-hydrogen) atoms. The van der Waals surface area contributed by atoms with E-state index in [0.29, 0.717) is 37.7 Å². The number of alkyl halides is 1. The molecule has 0 aliphatic carbocycles. The second-order valence-electron chi connectivity index (χ2n) is 12.1. The van der Waals surface area contributed by atoms with Crippen molar-refractivity contribution in [1.29, 1.82) is 0 Å². The third-order valence-corrected chi connectivity index (χ3v) is 10.5. The van der Waals surface area contributed by atoms with Crippen molar-refractivity contribution in [3.05, 3.63) is 36.4 Å². The van der Waals surface area contributed by atoms with Crippen molar-refractivity contribution in [3.8, 4) is 11.8 Å². The molecule has 9 nitrogen and oxygen atoms in total. The summed E-state index contributed by atoms with van der Waals surface area (Å²) in [5, 5.41) is 16.9. The van der Waals surface area contributed by atoms with Crippen molar-refractivity contribution in [2.45, 2.75) is 55.9 Å². The van der Waals surface area contributed by atoms with Crippen LogP contribution in [0, 0.1) is 0 Å². The summed E-state index contributed by atoms with van der Waals surface area (Å²) in [6.45, 7) is 3.54. The van der Waals surface area contributed by atoms with Gasteiger partial charge in [0.2, 0.25) is 0 Å². The summed E-state index contributed by atoms with van der Waals surface area (Å²) in [5.41, 5.74) is 1.37. The predicted molar refractivity (Wildman–Crippen MR) is 160 cm³/mol. The fraction of sp³-hybridized carbons (Fsp3) is 0.500. The van der Waals surface area contributed by atoms with Crippen molar-refractivity contribution in [3.63, 3.8) is 0 Å². The fourth-order valence-electron chi connectivity index (χ4n) is 7.48. The highest BCUT2D eigenvalue weighted by Gasteiger charge is 2.49. The number of halogens is 1. The van der Waals surface area contributed by atoms with E-state index in [1.165, 1.54) is 11.3 Å². The maximum absolute atomic E-state index is 14.4. The number of nitrogens with zero attached hydrogens (tertiary/aromatic N) is 6. The van der Waals surface area contributed by atoms with Gasteiger partial charge >= 0.3 is 6.01 Å². The lowest BCUT2D eigenvalue weighted by Gasteiger charge is -2.34. The van der Waals surface area contributed by atoms with Gasteiger partial charge in [-0.15, -0.1) is 0 Å². The first-order chi connectivity index (χ1) is 19.9. The lowest BCUT2D eigenvalue weighted by molar-refractivity contribution is 0.107. The van der Waals surface area contributed by atoms with Crippen molar-refractivity contribution in [1.82, 2.24) is 25.2 Å². The minimum Gasteiger partial charge on any atom is -0.508 e. The Morgan fingerprint density at radius 3 is 2.83 bits per heavy atom. The first kappa shape index (κ1) is 25.4. The molecule has 2 aromatic carbocycles. The largest absolute Gasteiger partial charge is 0.508 e. The van der Waals surface area contributed by atoms with Gasteiger partial charge in [0.05, 0.1) is 11.2 Å². The van der Waals surface area contributed by atoms with Crippen LogP contribution >= 0.6 is 11.3 Å². The van der Waals surface area contributed by atoms with Crippen molar-refractivity contribution < 1.29 is 14.2 Å². The Hall–Kier alpha value is -3.28. The zero-order valence-electron chi connectivity index (χ0n) is 23.1. The molecule has 11 heteroatoms. The molecule has 0 spiro atoms. The van der Waals surface area contributed by atoms with Crippen molar-refractivity contribution in [2.24, 2.45) is 0 Å². The Kier molecular flexibility index (Phi) is 5.98. The fourth-order valence-corrected chi connectivity index (χ4v) is 8.38. The molecular weight excluding hydrogens is 541 g/mol. The van der Waals surface area contributed by atoms with E-state index >= 15 is 0 Å². The molecule has 4 fully saturated rings. The number of aromatic nitrogens is 3. The molecule has 0 amide bonds. The Balaban J connectivity index is 1.18. The number of phenolic OH excluding ortho intramolecular Hbond substituents is 1. The molecule has 0 saturated carbocycles. The first-order valence-electron chi connectivity index (χ1n) is 14.6. The van der Waals surface area contributed by atoms with Crippen LogP contribution < -0.4 is 19.9 Å². The van der Waals surface area contributed by atoms with Crippen LogP contribution in [0.5, 0.6) is 11.8 Å². The summed E-state index contributed by atoms with van der Waals surface area (Å²) in [7, 11) is 1.97. The van der Waals surface area contributed by atoms with Crippen LogP contribution in [-0.2, 0) is 0 Å². The van der Waals surface area contributed by atoms with Gasteiger partial charge in [0.15, 0.2) is 15.8 Å². The van der Waals surface area contributed by atoms with E-state index in [1.807, 2.05) is 30.1 Å². The summed E-state index contributed by atoms with van der Waals surface area (Å²) in [4.78, 5) is 22.2. The molecule has 6 heterocycles. The number of anilines is 3. The summed E-state index contributed by atoms with van der Waals surface area (Å²) in [5.74, 6) is 1.01. The number of hydrogen-bond donors (Lipinski definition) is 2. The average molecular weight is 576 g/mol. The number of benzene rings is 2. The van der Waals surface area contributed by atoms with Gasteiger partial charge in [-0.25, -0.2) is 9.37 Å². The highest BCUT2D eigenvalue weighted by Crippen LogP contribution is 2.42. The van der Waals surface area contributed by atoms with E-state index in [9.17, 15) is 9.50 Å². The molecule has 8 rings (SSSR count). The minimum absolute atomic E-state index is 0.210. The number of ether oxygens (including phenoxy) is 1. The Labute approximate surface area is 242 Å². The van der Waals surface area contributed by atoms with E-state index in [-0.39, 0.29) is 11.3 Å². The summed E-state index contributed by atoms with van der Waals surface area (Å²) < 4.78 is 20.7. The van der Waals surface area contributed by atoms with Gasteiger partial charge in [-0.2, -0.15) is 9.97 Å². The quantitative estimate of drug-likeness (QED) is 0.342. The summed E-state index contributed by atoms with van der Waals surface area (Å²) in [6.07, 6.45) is 4.04. The molecule has 4 aliphatic rings. The molecule has 214 valence electrons. The molecule has 2 unspecified atom stereocenters. The van der Waals surface area contributed by atoms with Crippen LogP contribution in [0.1, 0.15) is 32.1 Å². The summed E-state index contributed by atoms with van der Waals surface area (Å²) in [6, 6.07) is 12.8. The normalized spacial score (nSPS) is 27.7. The van der Waals surface area contributed by atoms with Crippen LogP contribution in [0.4, 0.5) is 21.0 Å². The predicted octanol–water partition coefficient (Wildman–Crippen LogP) is 4.61. The van der Waals surface area contributed by atoms with E-state index in [2.05, 4.69) is 21.2 Å². The van der Waals surface area contributed by atoms with Crippen LogP contribution in [0.3, 0.4) is 0 Å². The van der Waals surface area contributed by atoms with Crippen molar-refractivity contribution >= 4 is 49.1 Å². The number of nitrogens with one attached hydrogen (secondary N) is 1. The standard InChI is InChI=1S/C30H34FN7O2S/c1-36(24-12-22(39)11-18-5-2-3-6-23(18)24)29-33-25-26(37-15-20-7-8-21(16-37)32-20)34-28(35-27(25)41-29)40-17-30-9-4-10-38(30)14-19(31)13-30/h2-3,5-6,11-12,19-21,32,39H,4,7-10,13-17H2,1H3/t19-,20?,21?,30+/m1/s1. The lowest BCUT2D eigenvalue weighted by Crippen LogP contribution is -2.51. The topological polar surface area (TPSA) is 89.9 Å². The van der Waals surface area contributed by atoms with Crippen molar-refractivity contribution in [2.75, 3.05) is 49.6 Å².